The van der Waals surface area contributed by atoms with Gasteiger partial charge in [0.15, 0.2) is 0 Å². The molecule has 0 aliphatic carbocycles. The molecule has 0 spiro atoms. The molecule has 0 fully saturated rings. The van der Waals surface area contributed by atoms with Crippen molar-refractivity contribution in [2.24, 2.45) is 0 Å². The second kappa shape index (κ2) is 33.6. The van der Waals surface area contributed by atoms with E-state index in [0.717, 1.165) is 0 Å². The van der Waals surface area contributed by atoms with Crippen molar-refractivity contribution in [3.05, 3.63) is 0 Å². The first kappa shape index (κ1) is 55.1. The Kier molecular flexibility index (Phi) is 371. The van der Waals surface area contributed by atoms with E-state index in [0.29, 0.717) is 0 Å². The van der Waals surface area contributed by atoms with E-state index in [1.54, 1.807) is 0 Å². The van der Waals surface area contributed by atoms with Crippen LogP contribution < -0.4 is 18.9 Å². The minimum atomic E-state index is 0. The Hall–Kier alpha value is 2.28. The molecule has 0 aliphatic rings. The number of hydrogen-bond donors (Lipinski definition) is 0. The van der Waals surface area contributed by atoms with Crippen molar-refractivity contribution < 1.29 is 79.6 Å². The summed E-state index contributed by atoms with van der Waals surface area (Å²) in [4.78, 5) is 0. The van der Waals surface area contributed by atoms with Gasteiger partial charge >= 0.3 is 74.1 Å². The van der Waals surface area contributed by atoms with Crippen molar-refractivity contribution in [2.75, 3.05) is 0 Å². The average molecular weight is 184 g/mol. The van der Waals surface area contributed by atoms with Gasteiger partial charge in [-0.2, -0.15) is 0 Å². The molecule has 0 aromatic heterocycles. The van der Waals surface area contributed by atoms with Crippen LogP contribution in [-0.2, 0) is 60.8 Å². The van der Waals surface area contributed by atoms with Gasteiger partial charge in [0.25, 0.3) is 0 Å². The first-order valence-corrected chi connectivity index (χ1v) is 0. The number of hydrogen-bond acceptors (Lipinski definition) is 0. The van der Waals surface area contributed by atoms with Gasteiger partial charge in [0.1, 0.15) is 0 Å². The molecular formula is LiMnNiOTi+7. The summed E-state index contributed by atoms with van der Waals surface area (Å²) < 4.78 is 0. The van der Waals surface area contributed by atoms with Gasteiger partial charge in [-0.25, -0.2) is 0 Å². The van der Waals surface area contributed by atoms with E-state index in [9.17, 15) is 0 Å². The smallest absolute Gasteiger partial charge is 2.00 e. The zero-order chi connectivity index (χ0) is 0. The third kappa shape index (κ3) is 22.1. The summed E-state index contributed by atoms with van der Waals surface area (Å²) in [5, 5.41) is 0. The zero-order valence-corrected chi connectivity index (χ0v) is 6.33. The summed E-state index contributed by atoms with van der Waals surface area (Å²) in [5.74, 6) is 0. The standard InChI is InChI=1S/Li.Mn.Ni.O.Ti/q+1;2*+2;-2;+4. The third-order valence-corrected chi connectivity index (χ3v) is 0. The van der Waals surface area contributed by atoms with Crippen LogP contribution in [0.5, 0.6) is 0 Å². The predicted octanol–water partition coefficient (Wildman–Crippen LogP) is -3.12. The van der Waals surface area contributed by atoms with Gasteiger partial charge < -0.3 is 5.48 Å². The normalized spacial score (nSPS) is 0. The van der Waals surface area contributed by atoms with E-state index >= 15 is 0 Å². The fourth-order valence-corrected chi connectivity index (χ4v) is 0. The third-order valence-electron chi connectivity index (χ3n) is 0. The second-order valence-electron chi connectivity index (χ2n) is 0. The molecule has 21 valence electrons. The van der Waals surface area contributed by atoms with Crippen LogP contribution >= 0.6 is 0 Å². The van der Waals surface area contributed by atoms with Gasteiger partial charge in [0.05, 0.1) is 0 Å². The van der Waals surface area contributed by atoms with Gasteiger partial charge in [0.2, 0.25) is 0 Å². The van der Waals surface area contributed by atoms with Crippen LogP contribution in [0.1, 0.15) is 0 Å². The van der Waals surface area contributed by atoms with Crippen LogP contribution in [0.3, 0.4) is 0 Å². The van der Waals surface area contributed by atoms with E-state index in [4.69, 9.17) is 0 Å². The van der Waals surface area contributed by atoms with Gasteiger partial charge in [0, 0.05) is 0 Å². The molecule has 0 unspecified atom stereocenters. The summed E-state index contributed by atoms with van der Waals surface area (Å²) in [7, 11) is 0. The Morgan fingerprint density at radius 3 is 1.00 bits per heavy atom. The molecule has 0 saturated heterocycles. The summed E-state index contributed by atoms with van der Waals surface area (Å²) in [5.41, 5.74) is 0. The van der Waals surface area contributed by atoms with Gasteiger partial charge in [-0.1, -0.05) is 0 Å². The van der Waals surface area contributed by atoms with Crippen LogP contribution in [0.25, 0.3) is 0 Å². The molecule has 0 aromatic carbocycles. The molecule has 0 bridgehead atoms. The van der Waals surface area contributed by atoms with Crippen molar-refractivity contribution in [3.63, 3.8) is 0 Å². The summed E-state index contributed by atoms with van der Waals surface area (Å²) >= 11 is 0. The molecule has 0 rings (SSSR count). The molecule has 5 heteroatoms. The molecule has 1 radical (unpaired) electrons. The van der Waals surface area contributed by atoms with Crippen molar-refractivity contribution >= 4 is 0 Å². The summed E-state index contributed by atoms with van der Waals surface area (Å²) in [6, 6.07) is 0. The minimum absolute atomic E-state index is 0. The quantitative estimate of drug-likeness (QED) is 0.357. The second-order valence-corrected chi connectivity index (χ2v) is 0. The van der Waals surface area contributed by atoms with Crippen LogP contribution in [0, 0.1) is 0 Å². The Morgan fingerprint density at radius 1 is 1.00 bits per heavy atom. The largest absolute Gasteiger partial charge is 4.00 e. The van der Waals surface area contributed by atoms with E-state index < -0.39 is 0 Å². The predicted molar refractivity (Wildman–Crippen MR) is 0.686 cm³/mol. The Morgan fingerprint density at radius 2 is 1.00 bits per heavy atom. The Bertz CT molecular complexity index is 11.6. The van der Waals surface area contributed by atoms with Crippen molar-refractivity contribution in [2.45, 2.75) is 0 Å². The molecule has 0 aliphatic heterocycles. The first-order valence-electron chi connectivity index (χ1n) is 0. The molecule has 0 aromatic rings. The fourth-order valence-electron chi connectivity index (χ4n) is 0. The molecule has 0 heterocycles. The monoisotopic (exact) mass is 184 g/mol. The van der Waals surface area contributed by atoms with Crippen molar-refractivity contribution in [1.82, 2.24) is 0 Å². The molecule has 0 atom stereocenters. The van der Waals surface area contributed by atoms with Crippen molar-refractivity contribution in [3.8, 4) is 0 Å². The van der Waals surface area contributed by atoms with Crippen LogP contribution in [-0.4, -0.2) is 0 Å². The molecular weight excluding hydrogens is 184 g/mol. The zero-order valence-electron chi connectivity index (χ0n) is 2.60. The minimum Gasteiger partial charge on any atom is -2.00 e. The van der Waals surface area contributed by atoms with Gasteiger partial charge in [-0.15, -0.1) is 0 Å². The maximum atomic E-state index is 0. The molecule has 1 nitrogen and oxygen atoms in total. The molecule has 0 amide bonds. The average Bonchev–Trinajstić information content (AvgIpc) is 0. The first-order chi connectivity index (χ1) is 0. The topological polar surface area (TPSA) is 28.5 Å². The van der Waals surface area contributed by atoms with Crippen LogP contribution in [0.2, 0.25) is 0 Å². The molecule has 0 saturated carbocycles. The van der Waals surface area contributed by atoms with Crippen LogP contribution in [0.15, 0.2) is 0 Å². The molecule has 5 heavy (non-hydrogen) atoms. The van der Waals surface area contributed by atoms with Gasteiger partial charge in [-0.3, -0.25) is 0 Å². The fraction of sp³-hybridized carbons (Fsp3) is 0. The maximum Gasteiger partial charge on any atom is 4.00 e. The van der Waals surface area contributed by atoms with E-state index in [1.807, 2.05) is 0 Å². The van der Waals surface area contributed by atoms with Crippen LogP contribution in [0.4, 0.5) is 0 Å². The van der Waals surface area contributed by atoms with Crippen molar-refractivity contribution in [1.29, 1.82) is 0 Å². The summed E-state index contributed by atoms with van der Waals surface area (Å²) in [6.07, 6.45) is 0. The molecule has 0 N–H and O–H groups in total. The van der Waals surface area contributed by atoms with E-state index in [2.05, 4.69) is 0 Å². The summed E-state index contributed by atoms with van der Waals surface area (Å²) in [6.45, 7) is 0. The van der Waals surface area contributed by atoms with E-state index in [1.165, 1.54) is 0 Å². The van der Waals surface area contributed by atoms with Gasteiger partial charge in [-0.05, 0) is 0 Å². The van der Waals surface area contributed by atoms with E-state index in [-0.39, 0.29) is 79.6 Å². The SMILES string of the molecule is [Li+].[Mn+2].[Ni+2].[O-2].[Ti+4]. The Balaban J connectivity index is 0. The number of rotatable bonds is 0. The Labute approximate surface area is 78.8 Å². The maximum absolute atomic E-state index is 0.